The van der Waals surface area contributed by atoms with Crippen molar-refractivity contribution in [3.05, 3.63) is 57.8 Å². The minimum Gasteiger partial charge on any atom is -0.478 e. The molecule has 0 unspecified atom stereocenters. The van der Waals surface area contributed by atoms with E-state index in [9.17, 15) is 14.9 Å². The van der Waals surface area contributed by atoms with Gasteiger partial charge in [0, 0.05) is 12.1 Å². The number of hydrogen-bond donors (Lipinski definition) is 1. The molecule has 1 aromatic heterocycles. The molecule has 0 amide bonds. The van der Waals surface area contributed by atoms with Crippen molar-refractivity contribution in [1.82, 2.24) is 0 Å². The third-order valence-electron chi connectivity index (χ3n) is 2.63. The molecule has 102 valence electrons. The summed E-state index contributed by atoms with van der Waals surface area (Å²) in [5, 5.41) is 19.6. The average Bonchev–Trinajstić information content (AvgIpc) is 2.84. The topological polar surface area (TPSA) is 93.6 Å². The van der Waals surface area contributed by atoms with Gasteiger partial charge in [0.05, 0.1) is 10.5 Å². The Morgan fingerprint density at radius 1 is 1.35 bits per heavy atom. The molecule has 1 N–H and O–H groups in total. The van der Waals surface area contributed by atoms with Crippen LogP contribution in [0.25, 0.3) is 17.4 Å². The number of aliphatic carboxylic acids is 1. The van der Waals surface area contributed by atoms with E-state index in [0.717, 1.165) is 11.6 Å². The molecule has 20 heavy (non-hydrogen) atoms. The highest BCUT2D eigenvalue weighted by Gasteiger charge is 2.17. The highest BCUT2D eigenvalue weighted by atomic mass is 16.6. The number of furan rings is 1. The van der Waals surface area contributed by atoms with Crippen LogP contribution in [0.2, 0.25) is 0 Å². The molecule has 6 nitrogen and oxygen atoms in total. The van der Waals surface area contributed by atoms with Gasteiger partial charge < -0.3 is 9.52 Å². The number of carboxylic acid groups (broad SMARTS) is 1. The number of carboxylic acids is 1. The molecule has 6 heteroatoms. The summed E-state index contributed by atoms with van der Waals surface area (Å²) in [6.45, 7) is 1.76. The monoisotopic (exact) mass is 273 g/mol. The van der Waals surface area contributed by atoms with E-state index in [-0.39, 0.29) is 5.69 Å². The molecule has 0 aliphatic rings. The first-order valence-electron chi connectivity index (χ1n) is 5.73. The van der Waals surface area contributed by atoms with Gasteiger partial charge >= 0.3 is 5.97 Å². The maximum atomic E-state index is 11.0. The number of nitro benzene ring substituents is 1. The summed E-state index contributed by atoms with van der Waals surface area (Å²) in [4.78, 5) is 21.0. The highest BCUT2D eigenvalue weighted by molar-refractivity contribution is 5.85. The van der Waals surface area contributed by atoms with Crippen LogP contribution in [0.4, 0.5) is 5.69 Å². The molecule has 2 aromatic rings. The predicted octanol–water partition coefficient (Wildman–Crippen LogP) is 3.26. The molecular formula is C14H11NO5. The smallest absolute Gasteiger partial charge is 0.328 e. The zero-order valence-electron chi connectivity index (χ0n) is 10.6. The molecule has 0 fully saturated rings. The maximum absolute atomic E-state index is 11.0. The Balaban J connectivity index is 2.42. The van der Waals surface area contributed by atoms with E-state index in [1.54, 1.807) is 31.2 Å². The van der Waals surface area contributed by atoms with Gasteiger partial charge in [0.2, 0.25) is 0 Å². The summed E-state index contributed by atoms with van der Waals surface area (Å²) in [5.74, 6) is -0.455. The first kappa shape index (κ1) is 13.5. The largest absolute Gasteiger partial charge is 0.478 e. The summed E-state index contributed by atoms with van der Waals surface area (Å²) in [5.41, 5.74) is 1.08. The van der Waals surface area contributed by atoms with Gasteiger partial charge in [0.15, 0.2) is 0 Å². The fourth-order valence-electron chi connectivity index (χ4n) is 1.74. The van der Waals surface area contributed by atoms with Gasteiger partial charge in [-0.2, -0.15) is 0 Å². The predicted molar refractivity (Wildman–Crippen MR) is 72.2 cm³/mol. The molecule has 0 saturated carbocycles. The van der Waals surface area contributed by atoms with Gasteiger partial charge in [-0.15, -0.1) is 0 Å². The first-order chi connectivity index (χ1) is 9.47. The second-order valence-electron chi connectivity index (χ2n) is 4.15. The van der Waals surface area contributed by atoms with E-state index in [0.29, 0.717) is 17.1 Å². The van der Waals surface area contributed by atoms with Crippen LogP contribution >= 0.6 is 0 Å². The molecule has 0 aliphatic heterocycles. The zero-order chi connectivity index (χ0) is 14.7. The van der Waals surface area contributed by atoms with Crippen molar-refractivity contribution >= 4 is 17.7 Å². The van der Waals surface area contributed by atoms with Crippen LogP contribution < -0.4 is 0 Å². The second-order valence-corrected chi connectivity index (χ2v) is 4.15. The Bertz CT molecular complexity index is 699. The molecule has 0 spiro atoms. The Morgan fingerprint density at radius 2 is 2.10 bits per heavy atom. The Morgan fingerprint density at radius 3 is 2.75 bits per heavy atom. The number of nitrogens with zero attached hydrogens (tertiary/aromatic N) is 1. The van der Waals surface area contributed by atoms with Crippen molar-refractivity contribution in [3.8, 4) is 11.3 Å². The van der Waals surface area contributed by atoms with Crippen LogP contribution in [0.1, 0.15) is 11.3 Å². The van der Waals surface area contributed by atoms with E-state index in [4.69, 9.17) is 9.52 Å². The molecular weight excluding hydrogens is 262 g/mol. The standard InChI is InChI=1S/C14H11NO5/c1-9-2-5-11(12(8-9)15(18)19)13-6-3-10(20-13)4-7-14(16)17/h2-8H,1H3,(H,16,17)/b7-4+. The molecule has 2 rings (SSSR count). The van der Waals surface area contributed by atoms with E-state index in [1.165, 1.54) is 12.1 Å². The number of hydrogen-bond acceptors (Lipinski definition) is 4. The Hall–Kier alpha value is -2.89. The van der Waals surface area contributed by atoms with Gasteiger partial charge in [-0.05, 0) is 36.8 Å². The van der Waals surface area contributed by atoms with Gasteiger partial charge in [-0.1, -0.05) is 6.07 Å². The average molecular weight is 273 g/mol. The first-order valence-corrected chi connectivity index (χ1v) is 5.73. The normalized spacial score (nSPS) is 10.8. The zero-order valence-corrected chi connectivity index (χ0v) is 10.6. The van der Waals surface area contributed by atoms with Crippen molar-refractivity contribution in [2.45, 2.75) is 6.92 Å². The van der Waals surface area contributed by atoms with Crippen molar-refractivity contribution in [2.24, 2.45) is 0 Å². The van der Waals surface area contributed by atoms with Crippen LogP contribution in [0, 0.1) is 17.0 Å². The molecule has 0 radical (unpaired) electrons. The Kier molecular flexibility index (Phi) is 3.65. The maximum Gasteiger partial charge on any atom is 0.328 e. The molecule has 0 atom stereocenters. The van der Waals surface area contributed by atoms with Gasteiger partial charge in [0.25, 0.3) is 5.69 Å². The summed E-state index contributed by atoms with van der Waals surface area (Å²) in [7, 11) is 0. The SMILES string of the molecule is Cc1ccc(-c2ccc(/C=C/C(=O)O)o2)c([N+](=O)[O-])c1. The summed E-state index contributed by atoms with van der Waals surface area (Å²) in [6.07, 6.45) is 2.22. The van der Waals surface area contributed by atoms with Crippen LogP contribution in [-0.2, 0) is 4.79 Å². The van der Waals surface area contributed by atoms with E-state index in [2.05, 4.69) is 0 Å². The van der Waals surface area contributed by atoms with Crippen LogP contribution in [0.3, 0.4) is 0 Å². The lowest BCUT2D eigenvalue weighted by Crippen LogP contribution is -1.92. The van der Waals surface area contributed by atoms with Crippen molar-refractivity contribution in [3.63, 3.8) is 0 Å². The summed E-state index contributed by atoms with van der Waals surface area (Å²) in [6, 6.07) is 7.94. The fraction of sp³-hybridized carbons (Fsp3) is 0.0714. The Labute approximate surface area is 114 Å². The summed E-state index contributed by atoms with van der Waals surface area (Å²) < 4.78 is 5.40. The van der Waals surface area contributed by atoms with E-state index in [1.807, 2.05) is 0 Å². The van der Waals surface area contributed by atoms with Crippen LogP contribution in [0.5, 0.6) is 0 Å². The van der Waals surface area contributed by atoms with Gasteiger partial charge in [-0.25, -0.2) is 4.79 Å². The molecule has 1 heterocycles. The third-order valence-corrected chi connectivity index (χ3v) is 2.63. The summed E-state index contributed by atoms with van der Waals surface area (Å²) >= 11 is 0. The highest BCUT2D eigenvalue weighted by Crippen LogP contribution is 2.32. The third kappa shape index (κ3) is 2.92. The van der Waals surface area contributed by atoms with E-state index < -0.39 is 10.9 Å². The molecule has 0 bridgehead atoms. The van der Waals surface area contributed by atoms with Crippen molar-refractivity contribution < 1.29 is 19.2 Å². The number of benzene rings is 1. The fourth-order valence-corrected chi connectivity index (χ4v) is 1.74. The lowest BCUT2D eigenvalue weighted by molar-refractivity contribution is -0.384. The number of nitro groups is 1. The van der Waals surface area contributed by atoms with Gasteiger partial charge in [0.1, 0.15) is 11.5 Å². The number of rotatable bonds is 4. The quantitative estimate of drug-likeness (QED) is 0.524. The lowest BCUT2D eigenvalue weighted by atomic mass is 10.1. The van der Waals surface area contributed by atoms with Crippen LogP contribution in [-0.4, -0.2) is 16.0 Å². The van der Waals surface area contributed by atoms with Crippen molar-refractivity contribution in [2.75, 3.05) is 0 Å². The van der Waals surface area contributed by atoms with E-state index >= 15 is 0 Å². The van der Waals surface area contributed by atoms with Crippen molar-refractivity contribution in [1.29, 1.82) is 0 Å². The minimum atomic E-state index is -1.09. The molecule has 1 aromatic carbocycles. The minimum absolute atomic E-state index is 0.0480. The lowest BCUT2D eigenvalue weighted by Gasteiger charge is -2.00. The molecule has 0 saturated heterocycles. The number of aryl methyl sites for hydroxylation is 1. The van der Waals surface area contributed by atoms with Crippen LogP contribution in [0.15, 0.2) is 40.8 Å². The number of carbonyl (C=O) groups is 1. The second kappa shape index (κ2) is 5.40. The molecule has 0 aliphatic carbocycles. The van der Waals surface area contributed by atoms with Gasteiger partial charge in [-0.3, -0.25) is 10.1 Å².